The van der Waals surface area contributed by atoms with E-state index in [0.29, 0.717) is 28.0 Å². The van der Waals surface area contributed by atoms with E-state index >= 15 is 0 Å². The number of aryl methyl sites for hydroxylation is 1. The van der Waals surface area contributed by atoms with E-state index in [1.165, 1.54) is 17.8 Å². The summed E-state index contributed by atoms with van der Waals surface area (Å²) in [6, 6.07) is 11.8. The van der Waals surface area contributed by atoms with Crippen LogP contribution in [-0.2, 0) is 18.4 Å². The summed E-state index contributed by atoms with van der Waals surface area (Å²) in [6.07, 6.45) is 0. The van der Waals surface area contributed by atoms with Gasteiger partial charge in [-0.05, 0) is 37.3 Å². The number of ether oxygens (including phenoxy) is 2. The van der Waals surface area contributed by atoms with E-state index in [2.05, 4.69) is 15.5 Å². The molecule has 0 saturated carbocycles. The molecule has 0 bridgehead atoms. The van der Waals surface area contributed by atoms with E-state index in [1.54, 1.807) is 62.0 Å². The van der Waals surface area contributed by atoms with Crippen molar-refractivity contribution >= 4 is 29.0 Å². The average Bonchev–Trinajstić information content (AvgIpc) is 3.11. The first-order chi connectivity index (χ1) is 14.9. The minimum Gasteiger partial charge on any atom is -0.497 e. The van der Waals surface area contributed by atoms with Gasteiger partial charge in [-0.3, -0.25) is 14.9 Å². The second kappa shape index (κ2) is 9.94. The van der Waals surface area contributed by atoms with E-state index in [0.717, 1.165) is 5.75 Å². The Kier molecular flexibility index (Phi) is 7.08. The maximum atomic E-state index is 12.2. The second-order valence-corrected chi connectivity index (χ2v) is 7.46. The van der Waals surface area contributed by atoms with Crippen molar-refractivity contribution in [2.75, 3.05) is 18.2 Å². The van der Waals surface area contributed by atoms with Crippen LogP contribution in [0.4, 0.5) is 11.4 Å². The number of nitrogens with zero attached hydrogens (tertiary/aromatic N) is 4. The van der Waals surface area contributed by atoms with Gasteiger partial charge in [0.15, 0.2) is 11.0 Å². The number of thioether (sulfide) groups is 1. The van der Waals surface area contributed by atoms with E-state index in [-0.39, 0.29) is 24.0 Å². The highest BCUT2D eigenvalue weighted by molar-refractivity contribution is 7.99. The maximum Gasteiger partial charge on any atom is 0.274 e. The molecule has 0 atom stereocenters. The molecule has 0 aliphatic heterocycles. The lowest BCUT2D eigenvalue weighted by Crippen LogP contribution is -2.14. The summed E-state index contributed by atoms with van der Waals surface area (Å²) in [6.45, 7) is 1.86. The minimum absolute atomic E-state index is 0.0414. The molecule has 3 rings (SSSR count). The van der Waals surface area contributed by atoms with Crippen LogP contribution in [0.25, 0.3) is 0 Å². The molecular formula is C20H21N5O5S. The fourth-order valence-electron chi connectivity index (χ4n) is 2.63. The van der Waals surface area contributed by atoms with Crippen LogP contribution in [0, 0.1) is 17.0 Å². The fraction of sp³-hybridized carbons (Fsp3) is 0.250. The van der Waals surface area contributed by atoms with E-state index in [1.807, 2.05) is 0 Å². The lowest BCUT2D eigenvalue weighted by atomic mass is 10.2. The number of rotatable bonds is 9. The van der Waals surface area contributed by atoms with Crippen molar-refractivity contribution in [3.63, 3.8) is 0 Å². The van der Waals surface area contributed by atoms with E-state index < -0.39 is 4.92 Å². The molecule has 0 aliphatic carbocycles. The van der Waals surface area contributed by atoms with Crippen LogP contribution in [0.15, 0.2) is 47.6 Å². The van der Waals surface area contributed by atoms with Gasteiger partial charge in [-0.15, -0.1) is 10.2 Å². The first kappa shape index (κ1) is 22.1. The van der Waals surface area contributed by atoms with Gasteiger partial charge in [0.2, 0.25) is 5.91 Å². The normalized spacial score (nSPS) is 10.5. The van der Waals surface area contributed by atoms with Crippen molar-refractivity contribution in [1.29, 1.82) is 0 Å². The van der Waals surface area contributed by atoms with E-state index in [4.69, 9.17) is 9.47 Å². The van der Waals surface area contributed by atoms with Crippen molar-refractivity contribution in [1.82, 2.24) is 14.8 Å². The molecule has 0 aliphatic rings. The lowest BCUT2D eigenvalue weighted by molar-refractivity contribution is -0.385. The smallest absolute Gasteiger partial charge is 0.274 e. The zero-order valence-corrected chi connectivity index (χ0v) is 18.0. The van der Waals surface area contributed by atoms with Gasteiger partial charge in [0.05, 0.1) is 17.8 Å². The zero-order valence-electron chi connectivity index (χ0n) is 17.2. The van der Waals surface area contributed by atoms with Crippen molar-refractivity contribution in [3.05, 3.63) is 64.0 Å². The summed E-state index contributed by atoms with van der Waals surface area (Å²) >= 11 is 1.21. The van der Waals surface area contributed by atoms with Crippen molar-refractivity contribution in [3.8, 4) is 11.5 Å². The average molecular weight is 443 g/mol. The quantitative estimate of drug-likeness (QED) is 0.304. The minimum atomic E-state index is -0.477. The molecule has 1 N–H and O–H groups in total. The third kappa shape index (κ3) is 5.72. The lowest BCUT2D eigenvalue weighted by Gasteiger charge is -2.08. The molecule has 1 heterocycles. The third-order valence-corrected chi connectivity index (χ3v) is 5.39. The molecule has 2 aromatic carbocycles. The Morgan fingerprint density at radius 3 is 2.58 bits per heavy atom. The topological polar surface area (TPSA) is 121 Å². The van der Waals surface area contributed by atoms with Crippen LogP contribution >= 0.6 is 11.8 Å². The Morgan fingerprint density at radius 1 is 1.19 bits per heavy atom. The monoisotopic (exact) mass is 443 g/mol. The molecule has 3 aromatic rings. The van der Waals surface area contributed by atoms with Crippen LogP contribution in [0.2, 0.25) is 0 Å². The molecule has 0 spiro atoms. The maximum absolute atomic E-state index is 12.2. The van der Waals surface area contributed by atoms with E-state index in [9.17, 15) is 14.9 Å². The Bertz CT molecular complexity index is 1080. The Balaban J connectivity index is 1.53. The Morgan fingerprint density at radius 2 is 1.90 bits per heavy atom. The summed E-state index contributed by atoms with van der Waals surface area (Å²) in [7, 11) is 3.38. The number of hydrogen-bond donors (Lipinski definition) is 1. The van der Waals surface area contributed by atoms with Crippen LogP contribution in [0.5, 0.6) is 11.5 Å². The van der Waals surface area contributed by atoms with Gasteiger partial charge < -0.3 is 19.4 Å². The number of amides is 1. The number of anilines is 1. The summed E-state index contributed by atoms with van der Waals surface area (Å²) in [4.78, 5) is 22.8. The molecule has 11 heteroatoms. The van der Waals surface area contributed by atoms with Gasteiger partial charge in [-0.1, -0.05) is 17.8 Å². The van der Waals surface area contributed by atoms with Gasteiger partial charge >= 0.3 is 0 Å². The van der Waals surface area contributed by atoms with Gasteiger partial charge in [0.25, 0.3) is 5.69 Å². The van der Waals surface area contributed by atoms with Crippen molar-refractivity contribution in [2.45, 2.75) is 18.7 Å². The largest absolute Gasteiger partial charge is 0.497 e. The molecule has 0 fully saturated rings. The van der Waals surface area contributed by atoms with Crippen LogP contribution < -0.4 is 14.8 Å². The molecule has 0 radical (unpaired) electrons. The number of aromatic nitrogens is 3. The number of methoxy groups -OCH3 is 1. The van der Waals surface area contributed by atoms with Crippen molar-refractivity contribution < 1.29 is 19.2 Å². The highest BCUT2D eigenvalue weighted by Crippen LogP contribution is 2.23. The zero-order chi connectivity index (χ0) is 22.4. The number of benzene rings is 2. The predicted molar refractivity (Wildman–Crippen MR) is 116 cm³/mol. The molecule has 10 nitrogen and oxygen atoms in total. The van der Waals surface area contributed by atoms with Crippen molar-refractivity contribution in [2.24, 2.45) is 7.05 Å². The fourth-order valence-corrected chi connectivity index (χ4v) is 3.36. The SMILES string of the molecule is COc1ccc(OCc2nnc(SCC(=O)Nc3ccc(C)c([N+](=O)[O-])c3)n2C)cc1. The number of hydrogen-bond acceptors (Lipinski definition) is 8. The van der Waals surface area contributed by atoms with Gasteiger partial charge in [-0.25, -0.2) is 0 Å². The summed E-state index contributed by atoms with van der Waals surface area (Å²) in [5.41, 5.74) is 0.857. The van der Waals surface area contributed by atoms with Crippen LogP contribution in [0.3, 0.4) is 0 Å². The molecule has 31 heavy (non-hydrogen) atoms. The van der Waals surface area contributed by atoms with Crippen LogP contribution in [-0.4, -0.2) is 38.5 Å². The summed E-state index contributed by atoms with van der Waals surface area (Å²) in [5.74, 6) is 1.79. The summed E-state index contributed by atoms with van der Waals surface area (Å²) < 4.78 is 12.6. The Hall–Kier alpha value is -3.60. The molecule has 1 aromatic heterocycles. The first-order valence-corrected chi connectivity index (χ1v) is 10.2. The van der Waals surface area contributed by atoms with Crippen LogP contribution in [0.1, 0.15) is 11.4 Å². The van der Waals surface area contributed by atoms with Gasteiger partial charge in [-0.2, -0.15) is 0 Å². The third-order valence-electron chi connectivity index (χ3n) is 4.37. The first-order valence-electron chi connectivity index (χ1n) is 9.20. The number of nitro benzene ring substituents is 1. The highest BCUT2D eigenvalue weighted by Gasteiger charge is 2.15. The standard InChI is InChI=1S/C20H21N5O5S/c1-13-4-5-14(10-17(13)25(27)28)21-19(26)12-31-20-23-22-18(24(20)2)11-30-16-8-6-15(29-3)7-9-16/h4-10H,11-12H2,1-3H3,(H,21,26). The van der Waals surface area contributed by atoms with Gasteiger partial charge in [0, 0.05) is 24.4 Å². The highest BCUT2D eigenvalue weighted by atomic mass is 32.2. The predicted octanol–water partition coefficient (Wildman–Crippen LogP) is 3.35. The number of nitro groups is 1. The molecular weight excluding hydrogens is 422 g/mol. The molecule has 0 unspecified atom stereocenters. The van der Waals surface area contributed by atoms with Gasteiger partial charge in [0.1, 0.15) is 18.1 Å². The number of carbonyl (C=O) groups excluding carboxylic acids is 1. The molecule has 1 amide bonds. The summed E-state index contributed by atoms with van der Waals surface area (Å²) in [5, 5.41) is 22.4. The number of nitrogens with one attached hydrogen (secondary N) is 1. The second-order valence-electron chi connectivity index (χ2n) is 6.52. The molecule has 0 saturated heterocycles. The number of carbonyl (C=O) groups is 1. The molecule has 162 valence electrons. The Labute approximate surface area is 182 Å².